The van der Waals surface area contributed by atoms with Gasteiger partial charge in [-0.15, -0.1) is 0 Å². The SMILES string of the molecule is CCCCN(C)C(c1ccccc1)C(C)C. The smallest absolute Gasteiger partial charge is 0.0367 e. The van der Waals surface area contributed by atoms with Crippen LogP contribution in [0.25, 0.3) is 0 Å². The molecule has 0 aromatic heterocycles. The molecule has 1 atom stereocenters. The summed E-state index contributed by atoms with van der Waals surface area (Å²) in [5.41, 5.74) is 1.44. The van der Waals surface area contributed by atoms with Gasteiger partial charge in [0.25, 0.3) is 0 Å². The van der Waals surface area contributed by atoms with E-state index in [1.807, 2.05) is 0 Å². The first kappa shape index (κ1) is 13.2. The summed E-state index contributed by atoms with van der Waals surface area (Å²) in [5, 5.41) is 0. The van der Waals surface area contributed by atoms with E-state index in [0.717, 1.165) is 0 Å². The number of hydrogen-bond acceptors (Lipinski definition) is 1. The largest absolute Gasteiger partial charge is 0.299 e. The maximum absolute atomic E-state index is 2.49. The fourth-order valence-corrected chi connectivity index (χ4v) is 2.35. The van der Waals surface area contributed by atoms with E-state index in [1.54, 1.807) is 0 Å². The van der Waals surface area contributed by atoms with Gasteiger partial charge in [0.15, 0.2) is 0 Å². The Labute approximate surface area is 100 Å². The second-order valence-electron chi connectivity index (χ2n) is 4.93. The summed E-state index contributed by atoms with van der Waals surface area (Å²) in [7, 11) is 2.24. The molecule has 0 fully saturated rings. The molecule has 1 aromatic carbocycles. The van der Waals surface area contributed by atoms with E-state index in [4.69, 9.17) is 0 Å². The number of nitrogens with zero attached hydrogens (tertiary/aromatic N) is 1. The molecule has 16 heavy (non-hydrogen) atoms. The molecule has 0 spiro atoms. The van der Waals surface area contributed by atoms with Crippen LogP contribution < -0.4 is 0 Å². The van der Waals surface area contributed by atoms with Gasteiger partial charge >= 0.3 is 0 Å². The van der Waals surface area contributed by atoms with Gasteiger partial charge in [-0.25, -0.2) is 0 Å². The Morgan fingerprint density at radius 3 is 2.25 bits per heavy atom. The summed E-state index contributed by atoms with van der Waals surface area (Å²) >= 11 is 0. The minimum Gasteiger partial charge on any atom is -0.299 e. The van der Waals surface area contributed by atoms with E-state index in [2.05, 4.69) is 63.1 Å². The van der Waals surface area contributed by atoms with Gasteiger partial charge in [0.05, 0.1) is 0 Å². The van der Waals surface area contributed by atoms with Crippen LogP contribution in [0.3, 0.4) is 0 Å². The summed E-state index contributed by atoms with van der Waals surface area (Å²) in [6.07, 6.45) is 2.55. The zero-order chi connectivity index (χ0) is 12.0. The molecule has 1 unspecified atom stereocenters. The van der Waals surface area contributed by atoms with Crippen LogP contribution in [0.5, 0.6) is 0 Å². The normalized spacial score (nSPS) is 13.4. The van der Waals surface area contributed by atoms with Crippen molar-refractivity contribution in [1.82, 2.24) is 4.90 Å². The molecule has 0 aliphatic heterocycles. The summed E-state index contributed by atoms with van der Waals surface area (Å²) in [4.78, 5) is 2.49. The summed E-state index contributed by atoms with van der Waals surface area (Å²) in [6, 6.07) is 11.4. The van der Waals surface area contributed by atoms with Crippen molar-refractivity contribution in [2.45, 2.75) is 39.7 Å². The van der Waals surface area contributed by atoms with Gasteiger partial charge in [0.1, 0.15) is 0 Å². The van der Waals surface area contributed by atoms with Crippen molar-refractivity contribution in [2.24, 2.45) is 5.92 Å². The average molecular weight is 219 g/mol. The Balaban J connectivity index is 2.75. The number of benzene rings is 1. The molecule has 0 N–H and O–H groups in total. The third-order valence-corrected chi connectivity index (χ3v) is 3.11. The topological polar surface area (TPSA) is 3.24 Å². The van der Waals surface area contributed by atoms with E-state index in [-0.39, 0.29) is 0 Å². The lowest BCUT2D eigenvalue weighted by Crippen LogP contribution is -2.29. The van der Waals surface area contributed by atoms with Crippen molar-refractivity contribution in [3.63, 3.8) is 0 Å². The van der Waals surface area contributed by atoms with Gasteiger partial charge in [-0.05, 0) is 31.5 Å². The van der Waals surface area contributed by atoms with Gasteiger partial charge in [-0.2, -0.15) is 0 Å². The highest BCUT2D eigenvalue weighted by Gasteiger charge is 2.19. The van der Waals surface area contributed by atoms with E-state index in [0.29, 0.717) is 12.0 Å². The van der Waals surface area contributed by atoms with Gasteiger partial charge in [0, 0.05) is 6.04 Å². The Hall–Kier alpha value is -0.820. The third kappa shape index (κ3) is 3.64. The Kier molecular flexibility index (Phi) is 5.54. The number of rotatable bonds is 6. The minimum atomic E-state index is 0.549. The van der Waals surface area contributed by atoms with Gasteiger partial charge in [0.2, 0.25) is 0 Å². The summed E-state index contributed by atoms with van der Waals surface area (Å²) in [5.74, 6) is 0.657. The molecule has 1 nitrogen and oxygen atoms in total. The van der Waals surface area contributed by atoms with Crippen LogP contribution in [0, 0.1) is 5.92 Å². The lowest BCUT2D eigenvalue weighted by Gasteiger charge is -2.31. The quantitative estimate of drug-likeness (QED) is 0.696. The molecule has 0 aliphatic carbocycles. The van der Waals surface area contributed by atoms with Gasteiger partial charge in [-0.1, -0.05) is 57.5 Å². The Morgan fingerprint density at radius 2 is 1.75 bits per heavy atom. The first-order chi connectivity index (χ1) is 7.66. The molecule has 1 heteroatoms. The van der Waals surface area contributed by atoms with Crippen molar-refractivity contribution < 1.29 is 0 Å². The molecule has 0 aliphatic rings. The fourth-order valence-electron chi connectivity index (χ4n) is 2.35. The number of hydrogen-bond donors (Lipinski definition) is 0. The molecule has 0 radical (unpaired) electrons. The van der Waals surface area contributed by atoms with Gasteiger partial charge in [-0.3, -0.25) is 4.90 Å². The van der Waals surface area contributed by atoms with Crippen LogP contribution in [0.1, 0.15) is 45.2 Å². The van der Waals surface area contributed by atoms with Crippen molar-refractivity contribution in [1.29, 1.82) is 0 Å². The summed E-state index contributed by atoms with van der Waals surface area (Å²) < 4.78 is 0. The molecule has 90 valence electrons. The first-order valence-corrected chi connectivity index (χ1v) is 6.42. The van der Waals surface area contributed by atoms with Crippen LogP contribution in [-0.2, 0) is 0 Å². The molecule has 0 saturated heterocycles. The average Bonchev–Trinajstić information content (AvgIpc) is 2.27. The zero-order valence-corrected chi connectivity index (χ0v) is 11.1. The predicted octanol–water partition coefficient (Wildman–Crippen LogP) is 4.12. The van der Waals surface area contributed by atoms with Crippen molar-refractivity contribution in [3.05, 3.63) is 35.9 Å². The molecular weight excluding hydrogens is 194 g/mol. The molecule has 0 heterocycles. The highest BCUT2D eigenvalue weighted by Crippen LogP contribution is 2.27. The molecule has 1 aromatic rings. The maximum atomic E-state index is 2.49. The minimum absolute atomic E-state index is 0.549. The van der Waals surface area contributed by atoms with Crippen molar-refractivity contribution in [2.75, 3.05) is 13.6 Å². The molecule has 1 rings (SSSR count). The lowest BCUT2D eigenvalue weighted by molar-refractivity contribution is 0.191. The van der Waals surface area contributed by atoms with E-state index in [1.165, 1.54) is 24.9 Å². The highest BCUT2D eigenvalue weighted by atomic mass is 15.1. The molecule has 0 amide bonds. The van der Waals surface area contributed by atoms with E-state index < -0.39 is 0 Å². The third-order valence-electron chi connectivity index (χ3n) is 3.11. The summed E-state index contributed by atoms with van der Waals surface area (Å²) in [6.45, 7) is 8.05. The second kappa shape index (κ2) is 6.70. The van der Waals surface area contributed by atoms with Crippen LogP contribution in [0.15, 0.2) is 30.3 Å². The highest BCUT2D eigenvalue weighted by molar-refractivity contribution is 5.19. The Morgan fingerprint density at radius 1 is 1.12 bits per heavy atom. The van der Waals surface area contributed by atoms with Crippen LogP contribution >= 0.6 is 0 Å². The van der Waals surface area contributed by atoms with Gasteiger partial charge < -0.3 is 0 Å². The van der Waals surface area contributed by atoms with Crippen molar-refractivity contribution in [3.8, 4) is 0 Å². The maximum Gasteiger partial charge on any atom is 0.0367 e. The van der Waals surface area contributed by atoms with E-state index in [9.17, 15) is 0 Å². The van der Waals surface area contributed by atoms with Crippen LogP contribution in [-0.4, -0.2) is 18.5 Å². The standard InChI is InChI=1S/C15H25N/c1-5-6-12-16(4)15(13(2)3)14-10-8-7-9-11-14/h7-11,13,15H,5-6,12H2,1-4H3. The molecule has 0 bridgehead atoms. The first-order valence-electron chi connectivity index (χ1n) is 6.42. The van der Waals surface area contributed by atoms with Crippen LogP contribution in [0.4, 0.5) is 0 Å². The van der Waals surface area contributed by atoms with Crippen molar-refractivity contribution >= 4 is 0 Å². The second-order valence-corrected chi connectivity index (χ2v) is 4.93. The predicted molar refractivity (Wildman–Crippen MR) is 71.6 cm³/mol. The fraction of sp³-hybridized carbons (Fsp3) is 0.600. The Bertz CT molecular complexity index is 279. The zero-order valence-electron chi connectivity index (χ0n) is 11.1. The van der Waals surface area contributed by atoms with Crippen LogP contribution in [0.2, 0.25) is 0 Å². The monoisotopic (exact) mass is 219 g/mol. The van der Waals surface area contributed by atoms with E-state index >= 15 is 0 Å². The lowest BCUT2D eigenvalue weighted by atomic mass is 9.94. The molecule has 0 saturated carbocycles. The number of unbranched alkanes of at least 4 members (excludes halogenated alkanes) is 1. The molecular formula is C15H25N.